The van der Waals surface area contributed by atoms with E-state index in [-0.39, 0.29) is 0 Å². The highest BCUT2D eigenvalue weighted by Crippen LogP contribution is 2.26. The summed E-state index contributed by atoms with van der Waals surface area (Å²) in [5.41, 5.74) is 0. The second kappa shape index (κ2) is 66.2. The number of aromatic nitrogens is 7. The van der Waals surface area contributed by atoms with Gasteiger partial charge in [-0.15, -0.1) is 10.2 Å². The van der Waals surface area contributed by atoms with Gasteiger partial charge in [0.05, 0.1) is 13.2 Å². The zero-order chi connectivity index (χ0) is 86.4. The third-order valence-electron chi connectivity index (χ3n) is 25.4. The van der Waals surface area contributed by atoms with Crippen molar-refractivity contribution in [3.63, 3.8) is 0 Å². The maximum atomic E-state index is 5.21. The average Bonchev–Trinajstić information content (AvgIpc) is 1.82. The molecule has 0 radical (unpaired) electrons. The van der Waals surface area contributed by atoms with Gasteiger partial charge in [0.15, 0.2) is 5.82 Å². The lowest BCUT2D eigenvalue weighted by atomic mass is 9.87. The minimum absolute atomic E-state index is 0.369. The minimum atomic E-state index is 0.369. The van der Waals surface area contributed by atoms with Crippen LogP contribution in [0.5, 0.6) is 0 Å². The predicted molar refractivity (Wildman–Crippen MR) is 498 cm³/mol. The highest BCUT2D eigenvalue weighted by molar-refractivity contribution is 4.85. The number of morpholine rings is 1. The van der Waals surface area contributed by atoms with Crippen LogP contribution in [0.4, 0.5) is 0 Å². The molecule has 0 bridgehead atoms. The molecule has 0 spiro atoms. The van der Waals surface area contributed by atoms with Gasteiger partial charge in [-0.2, -0.15) is 10.3 Å². The van der Waals surface area contributed by atoms with E-state index in [0.29, 0.717) is 36.1 Å². The van der Waals surface area contributed by atoms with Crippen LogP contribution < -0.4 is 16.0 Å². The van der Waals surface area contributed by atoms with E-state index >= 15 is 0 Å². The molecular formula is C93H199N21O. The van der Waals surface area contributed by atoms with Crippen LogP contribution in [0.1, 0.15) is 282 Å². The molecule has 682 valence electrons. The summed E-state index contributed by atoms with van der Waals surface area (Å²) >= 11 is 0. The van der Waals surface area contributed by atoms with Crippen molar-refractivity contribution < 1.29 is 4.74 Å². The Morgan fingerprint density at radius 1 is 0.374 bits per heavy atom. The summed E-state index contributed by atoms with van der Waals surface area (Å²) in [7, 11) is 6.64. The lowest BCUT2D eigenvalue weighted by Crippen LogP contribution is -2.55. The van der Waals surface area contributed by atoms with Gasteiger partial charge in [0, 0.05) is 178 Å². The molecule has 115 heavy (non-hydrogen) atoms. The molecular weight excluding hydrogens is 1430 g/mol. The molecule has 2 aromatic rings. The molecule has 4 unspecified atom stereocenters. The molecule has 0 aliphatic carbocycles. The third kappa shape index (κ3) is 54.0. The van der Waals surface area contributed by atoms with Crippen molar-refractivity contribution in [1.82, 2.24) is 105 Å². The van der Waals surface area contributed by atoms with Crippen LogP contribution >= 0.6 is 0 Å². The number of tetrazole rings is 1. The molecule has 22 heteroatoms. The molecule has 4 N–H and O–H groups in total. The van der Waals surface area contributed by atoms with Crippen LogP contribution in [0.15, 0.2) is 12.7 Å². The fraction of sp³-hybridized carbons (Fsp3) is 0.968. The highest BCUT2D eigenvalue weighted by atomic mass is 16.5. The quantitative estimate of drug-likeness (QED) is 0.141. The molecule has 10 aliphatic heterocycles. The Kier molecular flexibility index (Phi) is 63.7. The first kappa shape index (κ1) is 111. The van der Waals surface area contributed by atoms with Gasteiger partial charge in [-0.1, -0.05) is 94.7 Å². The van der Waals surface area contributed by atoms with E-state index in [4.69, 9.17) is 4.74 Å². The second-order valence-corrected chi connectivity index (χ2v) is 38.9. The van der Waals surface area contributed by atoms with E-state index in [0.717, 1.165) is 117 Å². The van der Waals surface area contributed by atoms with E-state index in [1.54, 1.807) is 17.3 Å². The van der Waals surface area contributed by atoms with Crippen molar-refractivity contribution >= 4 is 0 Å². The summed E-state index contributed by atoms with van der Waals surface area (Å²) in [6.07, 6.45) is 18.8. The van der Waals surface area contributed by atoms with Gasteiger partial charge in [-0.25, -0.2) is 4.98 Å². The van der Waals surface area contributed by atoms with Crippen LogP contribution in [0.3, 0.4) is 0 Å². The number of aromatic amines is 1. The highest BCUT2D eigenvalue weighted by Gasteiger charge is 2.26. The summed E-state index contributed by atoms with van der Waals surface area (Å²) in [5, 5.41) is 27.5. The number of nitrogens with one attached hydrogen (secondary N) is 4. The van der Waals surface area contributed by atoms with E-state index in [2.05, 4.69) is 302 Å². The summed E-state index contributed by atoms with van der Waals surface area (Å²) < 4.78 is 7.01. The number of likely N-dealkylation sites (N-methyl/N-ethyl adjacent to an activating group) is 2. The summed E-state index contributed by atoms with van der Waals surface area (Å²) in [4.78, 5) is 31.3. The van der Waals surface area contributed by atoms with E-state index < -0.39 is 0 Å². The smallest absolute Gasteiger partial charge is 0.177 e. The maximum Gasteiger partial charge on any atom is 0.177 e. The average molecular weight is 1630 g/mol. The molecule has 22 nitrogen and oxygen atoms in total. The number of H-pyrrole nitrogens is 1. The Balaban J connectivity index is 0.000000628. The molecule has 0 aromatic carbocycles. The van der Waals surface area contributed by atoms with Gasteiger partial charge in [-0.3, -0.25) is 29.2 Å². The van der Waals surface area contributed by atoms with Crippen LogP contribution in [-0.2, 0) is 4.74 Å². The number of hydrogen-bond acceptors (Lipinski definition) is 20. The normalized spacial score (nSPS) is 23.5. The summed E-state index contributed by atoms with van der Waals surface area (Å²) in [6.45, 7) is 99.8. The van der Waals surface area contributed by atoms with Gasteiger partial charge in [-0.05, 0) is 309 Å². The minimum Gasteiger partial charge on any atom is -0.379 e. The van der Waals surface area contributed by atoms with E-state index in [1.165, 1.54) is 228 Å². The molecule has 12 heterocycles. The Morgan fingerprint density at radius 2 is 0.791 bits per heavy atom. The van der Waals surface area contributed by atoms with Crippen molar-refractivity contribution in [2.45, 2.75) is 325 Å². The standard InChI is InChI=1S/C10H21N.2C9H20N2.2C9H19N.C8H18N2.2C8H17N.C7H16N2.C7H15NO.C5H9N3.C4H8N4/c1-4-11-7-5-6-10(8-11)9(2)3;1-7(2)11-5-8(3)10-9(4)6-11;1-4-10-5-7-11(8-6-10)9(2)3;1-8(2)9-4-6-10(3)7-5-9;1-8(2)9-5-4-6-10(3)7-9;1-8(2)10-6-4-9(3)5-7-10;1-7(2)8-3-5-9-6-4-8;1-8(2)9-6-4-3-5-7-9;1-7(2)9-5-3-8-4-6-9;1-7(2)8-3-5-9-6-4-8;1-5(2)8-4-6-3-7-8;1-3(2)4-5-7-8-6-4/h9-10H,4-8H2,1-3H3;7-10H,5-6H2,1-4H3;9H,4-8H2,1-3H3;2*8-9H,4-7H2,1-3H3;8H,4-7H2,1-3H3;7-9H,3-6H2,1-2H3;8H,3-7H2,1-2H3;7-8H,3-6H2,1-2H3;7H,3-6H2,1-2H3;3-5H,1-2H3;3H,1-2H3,(H,5,6,7,8). The van der Waals surface area contributed by atoms with Gasteiger partial charge in [0.1, 0.15) is 12.7 Å². The fourth-order valence-electron chi connectivity index (χ4n) is 16.2. The molecule has 2 aromatic heterocycles. The second-order valence-electron chi connectivity index (χ2n) is 38.9. The molecule has 0 amide bonds. The predicted octanol–water partition coefficient (Wildman–Crippen LogP) is 14.8. The first-order valence-electron chi connectivity index (χ1n) is 47.8. The van der Waals surface area contributed by atoms with Crippen molar-refractivity contribution in [2.24, 2.45) is 47.3 Å². The number of likely N-dealkylation sites (tertiary alicyclic amines) is 4. The largest absolute Gasteiger partial charge is 0.379 e. The van der Waals surface area contributed by atoms with Crippen molar-refractivity contribution in [3.05, 3.63) is 18.5 Å². The summed E-state index contributed by atoms with van der Waals surface area (Å²) in [6, 6.07) is 6.08. The molecule has 10 fully saturated rings. The number of piperidine rings is 5. The van der Waals surface area contributed by atoms with Gasteiger partial charge in [0.2, 0.25) is 0 Å². The monoisotopic (exact) mass is 1630 g/mol. The van der Waals surface area contributed by atoms with Crippen LogP contribution in [0.2, 0.25) is 0 Å². The lowest BCUT2D eigenvalue weighted by Gasteiger charge is -2.38. The van der Waals surface area contributed by atoms with Crippen molar-refractivity contribution in [3.8, 4) is 0 Å². The Morgan fingerprint density at radius 3 is 1.14 bits per heavy atom. The number of nitrogens with zero attached hydrogens (tertiary/aromatic N) is 17. The van der Waals surface area contributed by atoms with Crippen LogP contribution in [-0.4, -0.2) is 355 Å². The van der Waals surface area contributed by atoms with Gasteiger partial charge >= 0.3 is 0 Å². The first-order chi connectivity index (χ1) is 54.5. The molecule has 10 aliphatic rings. The zero-order valence-electron chi connectivity index (χ0n) is 82.0. The number of rotatable bonds is 14. The molecule has 4 atom stereocenters. The van der Waals surface area contributed by atoms with Crippen LogP contribution in [0, 0.1) is 47.3 Å². The topological polar surface area (TPSA) is 166 Å². The Hall–Kier alpha value is -2.39. The van der Waals surface area contributed by atoms with Crippen molar-refractivity contribution in [2.75, 3.05) is 218 Å². The first-order valence-corrected chi connectivity index (χ1v) is 47.8. The summed E-state index contributed by atoms with van der Waals surface area (Å²) in [5.74, 6) is 8.59. The fourth-order valence-corrected chi connectivity index (χ4v) is 16.2. The Bertz CT molecular complexity index is 2220. The van der Waals surface area contributed by atoms with Gasteiger partial charge in [0.25, 0.3) is 0 Å². The van der Waals surface area contributed by atoms with E-state index in [9.17, 15) is 0 Å². The lowest BCUT2D eigenvalue weighted by molar-refractivity contribution is 0.0238. The number of piperazine rings is 4. The molecule has 10 saturated heterocycles. The molecule has 12 rings (SSSR count). The SMILES string of the molecule is CC(C)C1CCCN(C)C1.CC(C)C1CCN(C)CC1.CC(C)C1CCNCC1.CC(C)N1CCCCC1.CC(C)N1CCN(C)CC1.CC(C)N1CCNCC1.CC(C)N1CCOCC1.CC(C)c1nn[nH]n1.CC(C)n1cncn1.CC1CN(C(C)C)CC(C)N1.CCN1CCCC(C(C)C)C1.CCN1CCN(C(C)C)CC1. The molecule has 0 saturated carbocycles. The maximum absolute atomic E-state index is 5.21. The van der Waals surface area contributed by atoms with Crippen molar-refractivity contribution in [1.29, 1.82) is 0 Å². The zero-order valence-corrected chi connectivity index (χ0v) is 82.0. The number of hydrogen-bond donors (Lipinski definition) is 4. The van der Waals surface area contributed by atoms with E-state index in [1.807, 2.05) is 13.8 Å². The Labute approximate surface area is 714 Å². The van der Waals surface area contributed by atoms with Crippen LogP contribution in [0.25, 0.3) is 0 Å². The number of ether oxygens (including phenoxy) is 1. The third-order valence-corrected chi connectivity index (χ3v) is 25.4. The van der Waals surface area contributed by atoms with Gasteiger partial charge < -0.3 is 50.1 Å².